The summed E-state index contributed by atoms with van der Waals surface area (Å²) in [6, 6.07) is 11.6. The van der Waals surface area contributed by atoms with Gasteiger partial charge in [-0.15, -0.1) is 10.2 Å². The van der Waals surface area contributed by atoms with Crippen LogP contribution in [0.4, 0.5) is 5.69 Å². The summed E-state index contributed by atoms with van der Waals surface area (Å²) in [6.45, 7) is 6.16. The lowest BCUT2D eigenvalue weighted by molar-refractivity contribution is -0.113. The molecule has 0 fully saturated rings. The molecule has 142 valence electrons. The second kappa shape index (κ2) is 8.75. The minimum atomic E-state index is -0.0681. The maximum absolute atomic E-state index is 12.4. The smallest absolute Gasteiger partial charge is 0.234 e. The Balaban J connectivity index is 1.72. The molecule has 8 heteroatoms. The fourth-order valence-electron chi connectivity index (χ4n) is 2.71. The Morgan fingerprint density at radius 2 is 2.04 bits per heavy atom. The summed E-state index contributed by atoms with van der Waals surface area (Å²) in [5, 5.41) is 12.2. The number of para-hydroxylation sites is 1. The Kier molecular flexibility index (Phi) is 6.38. The van der Waals surface area contributed by atoms with Crippen LogP contribution in [0.5, 0.6) is 0 Å². The number of halogens is 1. The van der Waals surface area contributed by atoms with Gasteiger partial charge in [0.05, 0.1) is 5.75 Å². The van der Waals surface area contributed by atoms with Crippen LogP contribution < -0.4 is 5.32 Å². The van der Waals surface area contributed by atoms with Crippen molar-refractivity contribution in [3.63, 3.8) is 0 Å². The predicted octanol–water partition coefficient (Wildman–Crippen LogP) is 5.17. The summed E-state index contributed by atoms with van der Waals surface area (Å²) in [6.07, 6.45) is 0.868. The lowest BCUT2D eigenvalue weighted by Crippen LogP contribution is -2.16. The molecule has 1 aromatic carbocycles. The number of anilines is 1. The zero-order valence-electron chi connectivity index (χ0n) is 15.4. The summed E-state index contributed by atoms with van der Waals surface area (Å²) in [4.78, 5) is 12.4. The molecule has 2 aromatic heterocycles. The molecule has 6 nitrogen and oxygen atoms in total. The van der Waals surface area contributed by atoms with E-state index in [4.69, 9.17) is 4.42 Å². The standard InChI is InChI=1S/C19H21BrN4O2S/c1-4-13-7-5-6-8-14(13)21-17(25)11-27-19-23-22-18(24(19)12(2)3)15-9-10-16(20)26-15/h5-10,12H,4,11H2,1-3H3,(H,21,25). The first-order valence-corrected chi connectivity index (χ1v) is 10.5. The topological polar surface area (TPSA) is 73.0 Å². The number of aryl methyl sites for hydroxylation is 1. The molecule has 3 rings (SSSR count). The molecule has 0 saturated carbocycles. The highest BCUT2D eigenvalue weighted by molar-refractivity contribution is 9.10. The van der Waals surface area contributed by atoms with Crippen LogP contribution in [0.25, 0.3) is 11.6 Å². The number of nitrogens with one attached hydrogen (secondary N) is 1. The molecular formula is C19H21BrN4O2S. The molecule has 0 radical (unpaired) electrons. The van der Waals surface area contributed by atoms with E-state index in [-0.39, 0.29) is 17.7 Å². The second-order valence-electron chi connectivity index (χ2n) is 6.22. The number of hydrogen-bond acceptors (Lipinski definition) is 5. The molecule has 3 aromatic rings. The molecule has 0 spiro atoms. The first-order chi connectivity index (χ1) is 13.0. The SMILES string of the molecule is CCc1ccccc1NC(=O)CSc1nnc(-c2ccc(Br)o2)n1C(C)C. The van der Waals surface area contributed by atoms with Crippen molar-refractivity contribution < 1.29 is 9.21 Å². The van der Waals surface area contributed by atoms with Crippen molar-refractivity contribution in [2.45, 2.75) is 38.4 Å². The van der Waals surface area contributed by atoms with E-state index in [1.165, 1.54) is 11.8 Å². The highest BCUT2D eigenvalue weighted by Crippen LogP contribution is 2.30. The van der Waals surface area contributed by atoms with E-state index in [0.29, 0.717) is 21.4 Å². The molecule has 0 atom stereocenters. The van der Waals surface area contributed by atoms with Crippen LogP contribution in [-0.4, -0.2) is 26.4 Å². The third-order valence-corrected chi connectivity index (χ3v) is 5.35. The van der Waals surface area contributed by atoms with Gasteiger partial charge < -0.3 is 9.73 Å². The molecular weight excluding hydrogens is 428 g/mol. The third kappa shape index (κ3) is 4.62. The van der Waals surface area contributed by atoms with Gasteiger partial charge in [-0.05, 0) is 60.0 Å². The number of amides is 1. The highest BCUT2D eigenvalue weighted by atomic mass is 79.9. The molecule has 0 unspecified atom stereocenters. The van der Waals surface area contributed by atoms with Gasteiger partial charge in [-0.2, -0.15) is 0 Å². The quantitative estimate of drug-likeness (QED) is 0.504. The lowest BCUT2D eigenvalue weighted by Gasteiger charge is -2.13. The van der Waals surface area contributed by atoms with E-state index in [1.54, 1.807) is 0 Å². The molecule has 0 bridgehead atoms. The fraction of sp³-hybridized carbons (Fsp3) is 0.316. The minimum absolute atomic E-state index is 0.0681. The van der Waals surface area contributed by atoms with Crippen molar-refractivity contribution in [2.24, 2.45) is 0 Å². The van der Waals surface area contributed by atoms with Crippen LogP contribution in [-0.2, 0) is 11.2 Å². The van der Waals surface area contributed by atoms with Gasteiger partial charge in [-0.25, -0.2) is 0 Å². The number of furan rings is 1. The van der Waals surface area contributed by atoms with E-state index in [1.807, 2.05) is 54.8 Å². The summed E-state index contributed by atoms with van der Waals surface area (Å²) >= 11 is 4.67. The van der Waals surface area contributed by atoms with E-state index in [2.05, 4.69) is 38.4 Å². The molecule has 0 aliphatic heterocycles. The Morgan fingerprint density at radius 3 is 2.70 bits per heavy atom. The van der Waals surface area contributed by atoms with Crippen molar-refractivity contribution >= 4 is 39.3 Å². The average molecular weight is 449 g/mol. The van der Waals surface area contributed by atoms with Gasteiger partial charge in [0.1, 0.15) is 0 Å². The van der Waals surface area contributed by atoms with Crippen LogP contribution in [0.2, 0.25) is 0 Å². The van der Waals surface area contributed by atoms with Crippen molar-refractivity contribution in [1.29, 1.82) is 0 Å². The predicted molar refractivity (Wildman–Crippen MR) is 111 cm³/mol. The number of thioether (sulfide) groups is 1. The maximum Gasteiger partial charge on any atom is 0.234 e. The number of rotatable bonds is 7. The highest BCUT2D eigenvalue weighted by Gasteiger charge is 2.20. The number of carbonyl (C=O) groups excluding carboxylic acids is 1. The average Bonchev–Trinajstić information content (AvgIpc) is 3.26. The summed E-state index contributed by atoms with van der Waals surface area (Å²) < 4.78 is 8.22. The largest absolute Gasteiger partial charge is 0.446 e. The number of benzene rings is 1. The summed E-state index contributed by atoms with van der Waals surface area (Å²) in [5.41, 5.74) is 1.98. The normalized spacial score (nSPS) is 11.1. The van der Waals surface area contributed by atoms with Gasteiger partial charge in [0.2, 0.25) is 11.7 Å². The molecule has 1 N–H and O–H groups in total. The van der Waals surface area contributed by atoms with Crippen LogP contribution in [0.1, 0.15) is 32.4 Å². The zero-order valence-corrected chi connectivity index (χ0v) is 17.8. The number of aromatic nitrogens is 3. The minimum Gasteiger partial charge on any atom is -0.446 e. The first-order valence-electron chi connectivity index (χ1n) is 8.70. The van der Waals surface area contributed by atoms with Gasteiger partial charge in [-0.3, -0.25) is 9.36 Å². The molecule has 27 heavy (non-hydrogen) atoms. The van der Waals surface area contributed by atoms with Gasteiger partial charge >= 0.3 is 0 Å². The van der Waals surface area contributed by atoms with Crippen LogP contribution in [0, 0.1) is 0 Å². The summed E-state index contributed by atoms with van der Waals surface area (Å²) in [5.74, 6) is 1.47. The van der Waals surface area contributed by atoms with Crippen molar-refractivity contribution in [1.82, 2.24) is 14.8 Å². The monoisotopic (exact) mass is 448 g/mol. The van der Waals surface area contributed by atoms with E-state index in [9.17, 15) is 4.79 Å². The Labute approximate surface area is 170 Å². The first kappa shape index (κ1) is 19.7. The van der Waals surface area contributed by atoms with Crippen molar-refractivity contribution in [3.05, 3.63) is 46.6 Å². The van der Waals surface area contributed by atoms with Gasteiger partial charge in [0, 0.05) is 11.7 Å². The van der Waals surface area contributed by atoms with E-state index < -0.39 is 0 Å². The second-order valence-corrected chi connectivity index (χ2v) is 7.95. The molecule has 0 aliphatic carbocycles. The fourth-order valence-corrected chi connectivity index (χ4v) is 3.88. The van der Waals surface area contributed by atoms with E-state index >= 15 is 0 Å². The van der Waals surface area contributed by atoms with Gasteiger partial charge in [0.25, 0.3) is 0 Å². The molecule has 0 aliphatic rings. The molecule has 2 heterocycles. The maximum atomic E-state index is 12.4. The number of carbonyl (C=O) groups is 1. The molecule has 0 saturated heterocycles. The van der Waals surface area contributed by atoms with Crippen molar-refractivity contribution in [2.75, 3.05) is 11.1 Å². The Bertz CT molecular complexity index is 935. The van der Waals surface area contributed by atoms with Crippen LogP contribution >= 0.6 is 27.7 Å². The van der Waals surface area contributed by atoms with Gasteiger partial charge in [-0.1, -0.05) is 36.9 Å². The Hall–Kier alpha value is -2.06. The molecule has 1 amide bonds. The van der Waals surface area contributed by atoms with Crippen molar-refractivity contribution in [3.8, 4) is 11.6 Å². The van der Waals surface area contributed by atoms with Gasteiger partial charge in [0.15, 0.2) is 15.6 Å². The van der Waals surface area contributed by atoms with E-state index in [0.717, 1.165) is 17.7 Å². The third-order valence-electron chi connectivity index (χ3n) is 3.98. The Morgan fingerprint density at radius 1 is 1.26 bits per heavy atom. The van der Waals surface area contributed by atoms with Crippen LogP contribution in [0.3, 0.4) is 0 Å². The zero-order chi connectivity index (χ0) is 19.4. The summed E-state index contributed by atoms with van der Waals surface area (Å²) in [7, 11) is 0. The number of hydrogen-bond donors (Lipinski definition) is 1. The lowest BCUT2D eigenvalue weighted by atomic mass is 10.1. The van der Waals surface area contributed by atoms with Crippen LogP contribution in [0.15, 0.2) is 50.6 Å². The number of nitrogens with zero attached hydrogens (tertiary/aromatic N) is 3.